The minimum Gasteiger partial charge on any atom is -0.497 e. The molecule has 1 aromatic carbocycles. The number of hydrogen-bond acceptors (Lipinski definition) is 5. The van der Waals surface area contributed by atoms with Crippen LogP contribution in [0.3, 0.4) is 0 Å². The molecule has 1 amide bonds. The van der Waals surface area contributed by atoms with Crippen molar-refractivity contribution in [3.05, 3.63) is 23.8 Å². The minimum absolute atomic E-state index is 0.168. The smallest absolute Gasteiger partial charge is 0.257 e. The van der Waals surface area contributed by atoms with E-state index >= 15 is 0 Å². The van der Waals surface area contributed by atoms with Crippen LogP contribution in [0.4, 0.5) is 0 Å². The van der Waals surface area contributed by atoms with Gasteiger partial charge >= 0.3 is 0 Å². The zero-order chi connectivity index (χ0) is 18.4. The zero-order valence-electron chi connectivity index (χ0n) is 15.0. The van der Waals surface area contributed by atoms with Gasteiger partial charge < -0.3 is 14.4 Å². The molecule has 0 atom stereocenters. The second-order valence-corrected chi connectivity index (χ2v) is 8.02. The maximum absolute atomic E-state index is 12.8. The van der Waals surface area contributed by atoms with E-state index in [0.29, 0.717) is 49.7 Å². The number of sulfonamides is 1. The summed E-state index contributed by atoms with van der Waals surface area (Å²) in [5.74, 6) is 1.04. The van der Waals surface area contributed by atoms with E-state index in [2.05, 4.69) is 0 Å². The lowest BCUT2D eigenvalue weighted by atomic mass is 10.1. The van der Waals surface area contributed by atoms with Crippen LogP contribution in [0.2, 0.25) is 0 Å². The molecule has 0 N–H and O–H groups in total. The van der Waals surface area contributed by atoms with Gasteiger partial charge in [0.05, 0.1) is 25.5 Å². The highest BCUT2D eigenvalue weighted by atomic mass is 32.2. The van der Waals surface area contributed by atoms with Crippen molar-refractivity contribution in [2.75, 3.05) is 46.2 Å². The van der Waals surface area contributed by atoms with Crippen molar-refractivity contribution in [2.24, 2.45) is 0 Å². The normalized spacial score (nSPS) is 15.9. The Morgan fingerprint density at radius 2 is 1.80 bits per heavy atom. The fourth-order valence-corrected chi connectivity index (χ4v) is 4.41. The first-order valence-corrected chi connectivity index (χ1v) is 10.0. The Balaban J connectivity index is 2.07. The van der Waals surface area contributed by atoms with Crippen LogP contribution in [-0.2, 0) is 10.0 Å². The summed E-state index contributed by atoms with van der Waals surface area (Å²) in [6.07, 6.45) is 1.50. The molecule has 1 aliphatic rings. The monoisotopic (exact) mass is 370 g/mol. The van der Waals surface area contributed by atoms with Crippen molar-refractivity contribution < 1.29 is 22.7 Å². The molecule has 25 heavy (non-hydrogen) atoms. The Morgan fingerprint density at radius 1 is 1.12 bits per heavy atom. The quantitative estimate of drug-likeness (QED) is 0.729. The van der Waals surface area contributed by atoms with Crippen molar-refractivity contribution in [1.29, 1.82) is 0 Å². The van der Waals surface area contributed by atoms with E-state index in [1.54, 1.807) is 23.1 Å². The van der Waals surface area contributed by atoms with Gasteiger partial charge in [0.25, 0.3) is 5.91 Å². The van der Waals surface area contributed by atoms with Gasteiger partial charge in [-0.25, -0.2) is 8.42 Å². The van der Waals surface area contributed by atoms with Crippen LogP contribution >= 0.6 is 0 Å². The van der Waals surface area contributed by atoms with E-state index in [0.717, 1.165) is 6.42 Å². The number of unbranched alkanes of at least 4 members (excludes halogenated alkanes) is 1. The molecule has 0 radical (unpaired) electrons. The molecule has 0 saturated carbocycles. The van der Waals surface area contributed by atoms with Crippen LogP contribution in [0.15, 0.2) is 18.2 Å². The highest BCUT2D eigenvalue weighted by Crippen LogP contribution is 2.26. The average Bonchev–Trinajstić information content (AvgIpc) is 2.65. The highest BCUT2D eigenvalue weighted by molar-refractivity contribution is 7.89. The predicted molar refractivity (Wildman–Crippen MR) is 95.7 cm³/mol. The maximum Gasteiger partial charge on any atom is 0.257 e. The minimum atomic E-state index is -3.23. The topological polar surface area (TPSA) is 76.2 Å². The number of piperazine rings is 1. The summed E-state index contributed by atoms with van der Waals surface area (Å²) >= 11 is 0. The van der Waals surface area contributed by atoms with Gasteiger partial charge in [0, 0.05) is 26.2 Å². The number of hydrogen-bond donors (Lipinski definition) is 0. The molecule has 1 aliphatic heterocycles. The Labute approximate surface area is 149 Å². The van der Waals surface area contributed by atoms with E-state index < -0.39 is 10.0 Å². The number of carbonyl (C=O) groups excluding carboxylic acids is 1. The number of carbonyl (C=O) groups is 1. The fraction of sp³-hybridized carbons (Fsp3) is 0.588. The largest absolute Gasteiger partial charge is 0.497 e. The first-order chi connectivity index (χ1) is 11.9. The fourth-order valence-electron chi connectivity index (χ4n) is 2.78. The molecule has 0 aliphatic carbocycles. The molecule has 2 rings (SSSR count). The molecule has 0 aromatic heterocycles. The third-order valence-electron chi connectivity index (χ3n) is 4.31. The number of ether oxygens (including phenoxy) is 2. The molecule has 140 valence electrons. The summed E-state index contributed by atoms with van der Waals surface area (Å²) in [6.45, 7) is 3.34. The number of benzene rings is 1. The van der Waals surface area contributed by atoms with E-state index in [-0.39, 0.29) is 11.7 Å². The molecule has 0 unspecified atom stereocenters. The van der Waals surface area contributed by atoms with E-state index in [9.17, 15) is 13.2 Å². The summed E-state index contributed by atoms with van der Waals surface area (Å²) in [7, 11) is -0.184. The van der Waals surface area contributed by atoms with Gasteiger partial charge in [0.2, 0.25) is 10.0 Å². The Morgan fingerprint density at radius 3 is 2.36 bits per heavy atom. The molecule has 0 spiro atoms. The highest BCUT2D eigenvalue weighted by Gasteiger charge is 2.29. The first-order valence-electron chi connectivity index (χ1n) is 8.42. The Kier molecular flexibility index (Phi) is 6.66. The van der Waals surface area contributed by atoms with Gasteiger partial charge in [-0.2, -0.15) is 4.31 Å². The molecule has 1 aromatic rings. The number of rotatable bonds is 7. The SMILES string of the molecule is CCCCS(=O)(=O)N1CCN(C(=O)c2cc(OC)ccc2OC)CC1. The molecular formula is C17H26N2O5S. The maximum atomic E-state index is 12.8. The van der Waals surface area contributed by atoms with Crippen LogP contribution < -0.4 is 9.47 Å². The van der Waals surface area contributed by atoms with E-state index in [1.165, 1.54) is 18.5 Å². The van der Waals surface area contributed by atoms with Crippen molar-refractivity contribution in [1.82, 2.24) is 9.21 Å². The van der Waals surface area contributed by atoms with Crippen molar-refractivity contribution >= 4 is 15.9 Å². The Hall–Kier alpha value is -1.80. The third kappa shape index (κ3) is 4.64. The van der Waals surface area contributed by atoms with Gasteiger partial charge in [0.1, 0.15) is 11.5 Å². The van der Waals surface area contributed by atoms with Crippen LogP contribution in [0.25, 0.3) is 0 Å². The predicted octanol–water partition coefficient (Wildman–Crippen LogP) is 1.59. The molecule has 8 heteroatoms. The molecule has 1 saturated heterocycles. The lowest BCUT2D eigenvalue weighted by Gasteiger charge is -2.34. The van der Waals surface area contributed by atoms with Gasteiger partial charge in [-0.1, -0.05) is 13.3 Å². The van der Waals surface area contributed by atoms with Crippen LogP contribution in [0, 0.1) is 0 Å². The van der Waals surface area contributed by atoms with E-state index in [4.69, 9.17) is 9.47 Å². The molecule has 7 nitrogen and oxygen atoms in total. The van der Waals surface area contributed by atoms with Gasteiger partial charge in [-0.3, -0.25) is 4.79 Å². The summed E-state index contributed by atoms with van der Waals surface area (Å²) in [4.78, 5) is 14.5. The van der Waals surface area contributed by atoms with Crippen molar-refractivity contribution in [2.45, 2.75) is 19.8 Å². The number of amides is 1. The van der Waals surface area contributed by atoms with Gasteiger partial charge in [-0.05, 0) is 24.6 Å². The zero-order valence-corrected chi connectivity index (χ0v) is 15.8. The van der Waals surface area contributed by atoms with E-state index in [1.807, 2.05) is 6.92 Å². The number of methoxy groups -OCH3 is 2. The van der Waals surface area contributed by atoms with Crippen LogP contribution in [-0.4, -0.2) is 69.7 Å². The average molecular weight is 370 g/mol. The summed E-state index contributed by atoms with van der Waals surface area (Å²) in [6, 6.07) is 5.07. The molecule has 1 heterocycles. The molecule has 0 bridgehead atoms. The van der Waals surface area contributed by atoms with Crippen molar-refractivity contribution in [3.8, 4) is 11.5 Å². The van der Waals surface area contributed by atoms with Crippen LogP contribution in [0.1, 0.15) is 30.1 Å². The summed E-state index contributed by atoms with van der Waals surface area (Å²) in [5, 5.41) is 0. The second kappa shape index (κ2) is 8.53. The second-order valence-electron chi connectivity index (χ2n) is 5.93. The number of nitrogens with zero attached hydrogens (tertiary/aromatic N) is 2. The summed E-state index contributed by atoms with van der Waals surface area (Å²) in [5.41, 5.74) is 0.421. The van der Waals surface area contributed by atoms with Crippen LogP contribution in [0.5, 0.6) is 11.5 Å². The third-order valence-corrected chi connectivity index (χ3v) is 6.27. The lowest BCUT2D eigenvalue weighted by molar-refractivity contribution is 0.0694. The molecular weight excluding hydrogens is 344 g/mol. The lowest BCUT2D eigenvalue weighted by Crippen LogP contribution is -2.51. The van der Waals surface area contributed by atoms with Gasteiger partial charge in [0.15, 0.2) is 0 Å². The summed E-state index contributed by atoms with van der Waals surface area (Å²) < 4.78 is 36.4. The standard InChI is InChI=1S/C17H26N2O5S/c1-4-5-12-25(21,22)19-10-8-18(9-11-19)17(20)15-13-14(23-2)6-7-16(15)24-3/h6-7,13H,4-5,8-12H2,1-3H3. The van der Waals surface area contributed by atoms with Crippen molar-refractivity contribution in [3.63, 3.8) is 0 Å². The Bertz CT molecular complexity index is 697. The molecule has 1 fully saturated rings. The van der Waals surface area contributed by atoms with Gasteiger partial charge in [-0.15, -0.1) is 0 Å². The first kappa shape index (κ1) is 19.5.